The largest absolute Gasteiger partial charge is 0.368 e. The van der Waals surface area contributed by atoms with E-state index in [1.54, 1.807) is 0 Å². The summed E-state index contributed by atoms with van der Waals surface area (Å²) in [6, 6.07) is -1.51. The number of nitrogens with zero attached hydrogens (tertiary/aromatic N) is 1. The number of nitrogens with one attached hydrogen (secondary N) is 3. The summed E-state index contributed by atoms with van der Waals surface area (Å²) in [5.74, 6) is -2.64. The summed E-state index contributed by atoms with van der Waals surface area (Å²) in [4.78, 5) is 60.8. The predicted molar refractivity (Wildman–Crippen MR) is 100 cm³/mol. The molecular formula is C17H30N6O5. The molecule has 0 aromatic rings. The SMILES string of the molecule is CCC(C)C(NC(=O)CN)C(=O)NCC(=O)N1CCC[C@H]1C(=O)NCC(N)=O. The van der Waals surface area contributed by atoms with Gasteiger partial charge in [0.1, 0.15) is 12.1 Å². The van der Waals surface area contributed by atoms with Crippen molar-refractivity contribution >= 4 is 29.5 Å². The van der Waals surface area contributed by atoms with Crippen LogP contribution in [0, 0.1) is 5.92 Å². The Morgan fingerprint density at radius 1 is 1.14 bits per heavy atom. The zero-order valence-corrected chi connectivity index (χ0v) is 16.3. The first-order valence-electron chi connectivity index (χ1n) is 9.33. The fourth-order valence-corrected chi connectivity index (χ4v) is 2.94. The van der Waals surface area contributed by atoms with Crippen LogP contribution >= 0.6 is 0 Å². The van der Waals surface area contributed by atoms with E-state index in [9.17, 15) is 24.0 Å². The first-order chi connectivity index (χ1) is 13.2. The van der Waals surface area contributed by atoms with E-state index in [0.717, 1.165) is 0 Å². The average molecular weight is 398 g/mol. The second-order valence-electron chi connectivity index (χ2n) is 6.78. The van der Waals surface area contributed by atoms with Crippen molar-refractivity contribution in [2.45, 2.75) is 45.2 Å². The molecule has 0 radical (unpaired) electrons. The zero-order valence-electron chi connectivity index (χ0n) is 16.3. The minimum atomic E-state index is -0.804. The van der Waals surface area contributed by atoms with Crippen molar-refractivity contribution < 1.29 is 24.0 Å². The monoisotopic (exact) mass is 398 g/mol. The van der Waals surface area contributed by atoms with Gasteiger partial charge in [-0.2, -0.15) is 0 Å². The van der Waals surface area contributed by atoms with Crippen LogP contribution in [-0.4, -0.2) is 72.7 Å². The van der Waals surface area contributed by atoms with E-state index in [1.807, 2.05) is 13.8 Å². The molecule has 5 amide bonds. The van der Waals surface area contributed by atoms with Crippen molar-refractivity contribution in [1.82, 2.24) is 20.9 Å². The Morgan fingerprint density at radius 2 is 1.82 bits per heavy atom. The quantitative estimate of drug-likeness (QED) is 0.265. The Balaban J connectivity index is 2.64. The van der Waals surface area contributed by atoms with E-state index in [-0.39, 0.29) is 25.6 Å². The van der Waals surface area contributed by atoms with Gasteiger partial charge >= 0.3 is 0 Å². The van der Waals surface area contributed by atoms with E-state index in [4.69, 9.17) is 11.5 Å². The summed E-state index contributed by atoms with van der Waals surface area (Å²) in [7, 11) is 0. The van der Waals surface area contributed by atoms with Crippen molar-refractivity contribution in [2.24, 2.45) is 17.4 Å². The van der Waals surface area contributed by atoms with Gasteiger partial charge in [0.15, 0.2) is 0 Å². The summed E-state index contributed by atoms with van der Waals surface area (Å²) in [5, 5.41) is 7.47. The normalized spacial score (nSPS) is 18.1. The minimum Gasteiger partial charge on any atom is -0.368 e. The Kier molecular flexibility index (Phi) is 9.36. The number of carbonyl (C=O) groups is 5. The van der Waals surface area contributed by atoms with Gasteiger partial charge in [-0.05, 0) is 18.8 Å². The van der Waals surface area contributed by atoms with Gasteiger partial charge in [-0.25, -0.2) is 0 Å². The second-order valence-corrected chi connectivity index (χ2v) is 6.78. The highest BCUT2D eigenvalue weighted by atomic mass is 16.2. The zero-order chi connectivity index (χ0) is 21.3. The highest BCUT2D eigenvalue weighted by Gasteiger charge is 2.34. The van der Waals surface area contributed by atoms with E-state index in [1.165, 1.54) is 4.90 Å². The van der Waals surface area contributed by atoms with Gasteiger partial charge < -0.3 is 32.3 Å². The molecule has 0 aromatic heterocycles. The summed E-state index contributed by atoms with van der Waals surface area (Å²) in [6.45, 7) is 3.22. The smallest absolute Gasteiger partial charge is 0.243 e. The van der Waals surface area contributed by atoms with Gasteiger partial charge in [0.2, 0.25) is 29.5 Å². The molecule has 2 unspecified atom stereocenters. The molecule has 1 heterocycles. The second kappa shape index (κ2) is 11.2. The Hall–Kier alpha value is -2.69. The van der Waals surface area contributed by atoms with Crippen molar-refractivity contribution in [2.75, 3.05) is 26.2 Å². The highest BCUT2D eigenvalue weighted by Crippen LogP contribution is 2.17. The molecule has 11 nitrogen and oxygen atoms in total. The number of nitrogens with two attached hydrogens (primary N) is 2. The summed E-state index contributed by atoms with van der Waals surface area (Å²) in [6.07, 6.45) is 1.74. The standard InChI is InChI=1S/C17H30N6O5/c1-3-10(2)15(22-13(25)7-18)17(28)21-9-14(26)23-6-4-5-11(23)16(27)20-8-12(19)24/h10-11,15H,3-9,18H2,1-2H3,(H2,19,24)(H,20,27)(H,21,28)(H,22,25)/t10?,11-,15?/m0/s1. The van der Waals surface area contributed by atoms with Gasteiger partial charge in [-0.3, -0.25) is 24.0 Å². The number of hydrogen-bond acceptors (Lipinski definition) is 6. The van der Waals surface area contributed by atoms with E-state index in [2.05, 4.69) is 16.0 Å². The van der Waals surface area contributed by atoms with Gasteiger partial charge in [0.25, 0.3) is 0 Å². The van der Waals surface area contributed by atoms with E-state index >= 15 is 0 Å². The van der Waals surface area contributed by atoms with Gasteiger partial charge in [-0.15, -0.1) is 0 Å². The van der Waals surface area contributed by atoms with Gasteiger partial charge in [0.05, 0.1) is 19.6 Å². The lowest BCUT2D eigenvalue weighted by Gasteiger charge is -2.26. The lowest BCUT2D eigenvalue weighted by Crippen LogP contribution is -2.54. The van der Waals surface area contributed by atoms with Crippen LogP contribution in [0.25, 0.3) is 0 Å². The maximum absolute atomic E-state index is 12.5. The first kappa shape index (κ1) is 23.3. The molecule has 3 atom stereocenters. The van der Waals surface area contributed by atoms with Crippen molar-refractivity contribution in [3.8, 4) is 0 Å². The first-order valence-corrected chi connectivity index (χ1v) is 9.33. The number of primary amides is 1. The van der Waals surface area contributed by atoms with Crippen LogP contribution in [0.4, 0.5) is 0 Å². The van der Waals surface area contributed by atoms with E-state index < -0.39 is 41.6 Å². The van der Waals surface area contributed by atoms with Crippen LogP contribution in [0.1, 0.15) is 33.1 Å². The molecule has 11 heteroatoms. The fraction of sp³-hybridized carbons (Fsp3) is 0.706. The third kappa shape index (κ3) is 6.80. The van der Waals surface area contributed by atoms with E-state index in [0.29, 0.717) is 25.8 Å². The van der Waals surface area contributed by atoms with Crippen molar-refractivity contribution in [3.05, 3.63) is 0 Å². The average Bonchev–Trinajstić information content (AvgIpc) is 3.17. The third-order valence-electron chi connectivity index (χ3n) is 4.72. The molecule has 0 aliphatic carbocycles. The number of hydrogen-bond donors (Lipinski definition) is 5. The Morgan fingerprint density at radius 3 is 2.39 bits per heavy atom. The molecule has 0 spiro atoms. The van der Waals surface area contributed by atoms with Crippen LogP contribution in [0.2, 0.25) is 0 Å². The highest BCUT2D eigenvalue weighted by molar-refractivity contribution is 5.93. The summed E-state index contributed by atoms with van der Waals surface area (Å²) in [5.41, 5.74) is 10.3. The minimum absolute atomic E-state index is 0.148. The molecule has 1 aliphatic rings. The van der Waals surface area contributed by atoms with Crippen LogP contribution in [0.15, 0.2) is 0 Å². The fourth-order valence-electron chi connectivity index (χ4n) is 2.94. The molecule has 7 N–H and O–H groups in total. The Bertz CT molecular complexity index is 611. The molecule has 158 valence electrons. The predicted octanol–water partition coefficient (Wildman–Crippen LogP) is -2.82. The van der Waals surface area contributed by atoms with Gasteiger partial charge in [-0.1, -0.05) is 20.3 Å². The van der Waals surface area contributed by atoms with Crippen LogP contribution in [0.3, 0.4) is 0 Å². The Labute approximate surface area is 163 Å². The number of amides is 5. The van der Waals surface area contributed by atoms with Crippen LogP contribution < -0.4 is 27.4 Å². The lowest BCUT2D eigenvalue weighted by atomic mass is 9.98. The molecule has 1 fully saturated rings. The number of rotatable bonds is 10. The number of carbonyl (C=O) groups excluding carboxylic acids is 5. The molecule has 1 rings (SSSR count). The molecule has 1 aliphatic heterocycles. The molecule has 1 saturated heterocycles. The van der Waals surface area contributed by atoms with Crippen LogP contribution in [0.5, 0.6) is 0 Å². The van der Waals surface area contributed by atoms with Crippen LogP contribution in [-0.2, 0) is 24.0 Å². The molecule has 0 bridgehead atoms. The topological polar surface area (TPSA) is 177 Å². The third-order valence-corrected chi connectivity index (χ3v) is 4.72. The lowest BCUT2D eigenvalue weighted by molar-refractivity contribution is -0.139. The summed E-state index contributed by atoms with van der Waals surface area (Å²) < 4.78 is 0. The molecule has 0 aromatic carbocycles. The van der Waals surface area contributed by atoms with Gasteiger partial charge in [0, 0.05) is 6.54 Å². The number of likely N-dealkylation sites (tertiary alicyclic amines) is 1. The van der Waals surface area contributed by atoms with Crippen molar-refractivity contribution in [1.29, 1.82) is 0 Å². The van der Waals surface area contributed by atoms with Crippen molar-refractivity contribution in [3.63, 3.8) is 0 Å². The summed E-state index contributed by atoms with van der Waals surface area (Å²) >= 11 is 0. The maximum Gasteiger partial charge on any atom is 0.243 e. The molecule has 0 saturated carbocycles. The molecule has 28 heavy (non-hydrogen) atoms. The molecular weight excluding hydrogens is 368 g/mol. The maximum atomic E-state index is 12.5.